The van der Waals surface area contributed by atoms with Crippen LogP contribution in [0.5, 0.6) is 5.75 Å². The van der Waals surface area contributed by atoms with Crippen molar-refractivity contribution in [2.45, 2.75) is 37.7 Å². The highest BCUT2D eigenvalue weighted by Crippen LogP contribution is 2.37. The number of carbonyl (C=O) groups excluding carboxylic acids is 1. The summed E-state index contributed by atoms with van der Waals surface area (Å²) in [6.45, 7) is 5.39. The van der Waals surface area contributed by atoms with Crippen molar-refractivity contribution in [2.75, 3.05) is 23.9 Å². The highest BCUT2D eigenvalue weighted by Gasteiger charge is 2.39. The van der Waals surface area contributed by atoms with E-state index in [9.17, 15) is 13.2 Å². The van der Waals surface area contributed by atoms with Crippen molar-refractivity contribution in [3.8, 4) is 5.75 Å². The van der Waals surface area contributed by atoms with Crippen LogP contribution in [0.1, 0.15) is 25.3 Å². The number of nitrogens with zero attached hydrogens (tertiary/aromatic N) is 2. The van der Waals surface area contributed by atoms with Crippen molar-refractivity contribution in [1.29, 1.82) is 0 Å². The molecule has 2 heterocycles. The number of fused-ring (bicyclic) bond motifs is 1. The minimum absolute atomic E-state index is 0.0308. The quantitative estimate of drug-likeness (QED) is 0.774. The zero-order valence-corrected chi connectivity index (χ0v) is 17.6. The predicted molar refractivity (Wildman–Crippen MR) is 112 cm³/mol. The lowest BCUT2D eigenvalue weighted by molar-refractivity contribution is -0.140. The van der Waals surface area contributed by atoms with Crippen LogP contribution in [0.4, 0.5) is 5.69 Å². The first-order chi connectivity index (χ1) is 13.9. The van der Waals surface area contributed by atoms with Gasteiger partial charge in [-0.1, -0.05) is 36.8 Å². The van der Waals surface area contributed by atoms with Crippen molar-refractivity contribution in [2.24, 2.45) is 5.92 Å². The maximum absolute atomic E-state index is 13.4. The SMILES string of the molecule is Cc1ccc(S(=O)(=O)N2CC(C(=O)N3CCCC(C)C3)Oc3ccccc32)cc1. The van der Waals surface area contributed by atoms with Crippen LogP contribution in [0.15, 0.2) is 53.4 Å². The van der Waals surface area contributed by atoms with E-state index in [1.165, 1.54) is 4.31 Å². The smallest absolute Gasteiger partial charge is 0.265 e. The number of rotatable bonds is 3. The monoisotopic (exact) mass is 414 g/mol. The van der Waals surface area contributed by atoms with Crippen molar-refractivity contribution in [1.82, 2.24) is 4.90 Å². The zero-order valence-electron chi connectivity index (χ0n) is 16.7. The van der Waals surface area contributed by atoms with Crippen LogP contribution in [-0.4, -0.2) is 45.0 Å². The molecule has 0 aliphatic carbocycles. The zero-order chi connectivity index (χ0) is 20.6. The fourth-order valence-corrected chi connectivity index (χ4v) is 5.47. The number of anilines is 1. The van der Waals surface area contributed by atoms with Crippen LogP contribution in [0.25, 0.3) is 0 Å². The van der Waals surface area contributed by atoms with Gasteiger partial charge in [-0.25, -0.2) is 8.42 Å². The van der Waals surface area contributed by atoms with Gasteiger partial charge < -0.3 is 9.64 Å². The molecule has 154 valence electrons. The van der Waals surface area contributed by atoms with E-state index >= 15 is 0 Å². The Bertz CT molecular complexity index is 1000. The molecule has 2 aromatic carbocycles. The molecular weight excluding hydrogens is 388 g/mol. The van der Waals surface area contributed by atoms with E-state index in [-0.39, 0.29) is 17.3 Å². The largest absolute Gasteiger partial charge is 0.476 e. The number of carbonyl (C=O) groups is 1. The fraction of sp³-hybridized carbons (Fsp3) is 0.409. The van der Waals surface area contributed by atoms with Gasteiger partial charge in [0.2, 0.25) is 0 Å². The Morgan fingerprint density at radius 2 is 1.79 bits per heavy atom. The van der Waals surface area contributed by atoms with Crippen LogP contribution in [0, 0.1) is 12.8 Å². The molecule has 0 aromatic heterocycles. The van der Waals surface area contributed by atoms with Crippen molar-refractivity contribution >= 4 is 21.6 Å². The lowest BCUT2D eigenvalue weighted by atomic mass is 10.00. The Labute approximate surface area is 172 Å². The minimum atomic E-state index is -3.82. The van der Waals surface area contributed by atoms with Gasteiger partial charge in [-0.3, -0.25) is 9.10 Å². The Morgan fingerprint density at radius 3 is 2.52 bits per heavy atom. The summed E-state index contributed by atoms with van der Waals surface area (Å²) >= 11 is 0. The molecule has 6 nitrogen and oxygen atoms in total. The third-order valence-electron chi connectivity index (χ3n) is 5.59. The summed E-state index contributed by atoms with van der Waals surface area (Å²) in [6.07, 6.45) is 1.21. The summed E-state index contributed by atoms with van der Waals surface area (Å²) in [7, 11) is -3.82. The van der Waals surface area contributed by atoms with Crippen molar-refractivity contribution < 1.29 is 17.9 Å². The van der Waals surface area contributed by atoms with E-state index in [0.29, 0.717) is 30.4 Å². The van der Waals surface area contributed by atoms with Gasteiger partial charge in [0.15, 0.2) is 6.10 Å². The molecule has 0 saturated carbocycles. The first-order valence-corrected chi connectivity index (χ1v) is 11.4. The molecular formula is C22H26N2O4S. The first kappa shape index (κ1) is 19.8. The topological polar surface area (TPSA) is 66.9 Å². The molecule has 29 heavy (non-hydrogen) atoms. The average molecular weight is 415 g/mol. The number of hydrogen-bond acceptors (Lipinski definition) is 4. The maximum Gasteiger partial charge on any atom is 0.265 e. The molecule has 2 aliphatic rings. The Balaban J connectivity index is 1.68. The van der Waals surface area contributed by atoms with Crippen LogP contribution < -0.4 is 9.04 Å². The van der Waals surface area contributed by atoms with E-state index in [1.54, 1.807) is 48.5 Å². The molecule has 7 heteroatoms. The number of likely N-dealkylation sites (tertiary alicyclic amines) is 1. The van der Waals surface area contributed by atoms with E-state index in [1.807, 2.05) is 11.8 Å². The number of hydrogen-bond donors (Lipinski definition) is 0. The number of sulfonamides is 1. The molecule has 0 N–H and O–H groups in total. The van der Waals surface area contributed by atoms with Gasteiger partial charge in [-0.05, 0) is 49.9 Å². The van der Waals surface area contributed by atoms with E-state index in [0.717, 1.165) is 18.4 Å². The van der Waals surface area contributed by atoms with Gasteiger partial charge in [0.1, 0.15) is 5.75 Å². The van der Waals surface area contributed by atoms with Crippen LogP contribution in [0.3, 0.4) is 0 Å². The predicted octanol–water partition coefficient (Wildman–Crippen LogP) is 3.21. The molecule has 1 fully saturated rings. The fourth-order valence-electron chi connectivity index (χ4n) is 3.99. The van der Waals surface area contributed by atoms with Crippen LogP contribution >= 0.6 is 0 Å². The second-order valence-electron chi connectivity index (χ2n) is 7.96. The molecule has 1 amide bonds. The number of para-hydroxylation sites is 2. The van der Waals surface area contributed by atoms with Gasteiger partial charge in [-0.15, -0.1) is 0 Å². The summed E-state index contributed by atoms with van der Waals surface area (Å²) in [6, 6.07) is 13.7. The van der Waals surface area contributed by atoms with Crippen molar-refractivity contribution in [3.05, 3.63) is 54.1 Å². The molecule has 2 atom stereocenters. The molecule has 2 aliphatic heterocycles. The molecule has 0 spiro atoms. The normalized spacial score (nSPS) is 22.0. The summed E-state index contributed by atoms with van der Waals surface area (Å²) in [5.41, 5.74) is 1.45. The van der Waals surface area contributed by atoms with Gasteiger partial charge >= 0.3 is 0 Å². The molecule has 0 bridgehead atoms. The second-order valence-corrected chi connectivity index (χ2v) is 9.82. The Hall–Kier alpha value is -2.54. The minimum Gasteiger partial charge on any atom is -0.476 e. The lowest BCUT2D eigenvalue weighted by Crippen LogP contribution is -2.53. The summed E-state index contributed by atoms with van der Waals surface area (Å²) in [4.78, 5) is 15.2. The maximum atomic E-state index is 13.4. The molecule has 2 aromatic rings. The molecule has 2 unspecified atom stereocenters. The van der Waals surface area contributed by atoms with Gasteiger partial charge in [-0.2, -0.15) is 0 Å². The summed E-state index contributed by atoms with van der Waals surface area (Å²) in [5, 5.41) is 0. The van der Waals surface area contributed by atoms with E-state index in [2.05, 4.69) is 6.92 Å². The van der Waals surface area contributed by atoms with Gasteiger partial charge in [0.05, 0.1) is 17.1 Å². The van der Waals surface area contributed by atoms with Crippen LogP contribution in [0.2, 0.25) is 0 Å². The number of ether oxygens (including phenoxy) is 1. The Morgan fingerprint density at radius 1 is 1.07 bits per heavy atom. The number of benzene rings is 2. The van der Waals surface area contributed by atoms with Crippen molar-refractivity contribution in [3.63, 3.8) is 0 Å². The van der Waals surface area contributed by atoms with Crippen LogP contribution in [-0.2, 0) is 14.8 Å². The lowest BCUT2D eigenvalue weighted by Gasteiger charge is -2.38. The average Bonchev–Trinajstić information content (AvgIpc) is 2.72. The second kappa shape index (κ2) is 7.71. The van der Waals surface area contributed by atoms with E-state index in [4.69, 9.17) is 4.74 Å². The van der Waals surface area contributed by atoms with Gasteiger partial charge in [0, 0.05) is 13.1 Å². The summed E-state index contributed by atoms with van der Waals surface area (Å²) in [5.74, 6) is 0.712. The third kappa shape index (κ3) is 3.83. The molecule has 0 radical (unpaired) electrons. The highest BCUT2D eigenvalue weighted by molar-refractivity contribution is 7.92. The third-order valence-corrected chi connectivity index (χ3v) is 7.38. The summed E-state index contributed by atoms with van der Waals surface area (Å²) < 4.78 is 34.1. The molecule has 1 saturated heterocycles. The number of amides is 1. The number of piperidine rings is 1. The standard InChI is InChI=1S/C22H26N2O4S/c1-16-9-11-18(12-10-16)29(26,27)24-15-21(28-20-8-4-3-7-19(20)24)22(25)23-13-5-6-17(2)14-23/h3-4,7-12,17,21H,5-6,13-15H2,1-2H3. The Kier molecular flexibility index (Phi) is 5.25. The molecule has 4 rings (SSSR count). The first-order valence-electron chi connectivity index (χ1n) is 10.00. The van der Waals surface area contributed by atoms with Gasteiger partial charge in [0.25, 0.3) is 15.9 Å². The van der Waals surface area contributed by atoms with E-state index < -0.39 is 16.1 Å². The highest BCUT2D eigenvalue weighted by atomic mass is 32.2. The number of aryl methyl sites for hydroxylation is 1.